The minimum atomic E-state index is -1.53. The van der Waals surface area contributed by atoms with E-state index in [2.05, 4.69) is 35.2 Å². The van der Waals surface area contributed by atoms with Gasteiger partial charge in [0.1, 0.15) is 10.0 Å². The molecule has 0 unspecified atom stereocenters. The van der Waals surface area contributed by atoms with Gasteiger partial charge in [0.25, 0.3) is 11.1 Å². The fraction of sp³-hybridized carbons (Fsp3) is 0.286. The van der Waals surface area contributed by atoms with E-state index in [1.54, 1.807) is 35.6 Å². The minimum absolute atomic E-state index is 0.0418. The molecule has 0 aliphatic carbocycles. The molecule has 1 aliphatic rings. The summed E-state index contributed by atoms with van der Waals surface area (Å²) in [5.74, 6) is 0. The summed E-state index contributed by atoms with van der Waals surface area (Å²) in [7, 11) is -1.95. The summed E-state index contributed by atoms with van der Waals surface area (Å²) < 4.78 is 17.4. The van der Waals surface area contributed by atoms with E-state index >= 15 is 0 Å². The highest BCUT2D eigenvalue weighted by atomic mass is 32.1. The van der Waals surface area contributed by atoms with Crippen LogP contribution in [0.2, 0.25) is 0 Å². The summed E-state index contributed by atoms with van der Waals surface area (Å²) in [5.41, 5.74) is 4.27. The molecule has 294 valence electrons. The summed E-state index contributed by atoms with van der Waals surface area (Å²) in [6.07, 6.45) is 0.423. The Labute approximate surface area is 343 Å². The van der Waals surface area contributed by atoms with Gasteiger partial charge in [-0.15, -0.1) is 22.7 Å². The maximum atomic E-state index is 13.2. The number of fused-ring (bicyclic) bond motifs is 4. The molecule has 0 amide bonds. The first kappa shape index (κ1) is 39.7. The Morgan fingerprint density at radius 1 is 0.655 bits per heavy atom. The molecule has 8 aromatic rings. The molecule has 4 aromatic heterocycles. The Morgan fingerprint density at radius 3 is 1.55 bits per heavy atom. The topological polar surface area (TPSA) is 154 Å². The van der Waals surface area contributed by atoms with E-state index in [1.807, 2.05) is 77.1 Å². The fourth-order valence-corrected chi connectivity index (χ4v) is 8.93. The average Bonchev–Trinajstić information content (AvgIpc) is 3.82. The average molecular weight is 813 g/mol. The van der Waals surface area contributed by atoms with E-state index in [0.29, 0.717) is 34.7 Å². The first-order valence-electron chi connectivity index (χ1n) is 19.1. The molecular weight excluding hydrogens is 770 g/mol. The molecule has 1 aliphatic heterocycles. The van der Waals surface area contributed by atoms with Crippen molar-refractivity contribution in [2.24, 2.45) is 0 Å². The Bertz CT molecular complexity index is 2940. The van der Waals surface area contributed by atoms with Crippen molar-refractivity contribution in [3.8, 4) is 0 Å². The Hall–Kier alpha value is -5.09. The summed E-state index contributed by atoms with van der Waals surface area (Å²) in [4.78, 5) is 35.3. The van der Waals surface area contributed by atoms with Crippen LogP contribution in [-0.4, -0.2) is 65.0 Å². The highest BCUT2D eigenvalue weighted by Gasteiger charge is 2.51. The highest BCUT2D eigenvalue weighted by molar-refractivity contribution is 7.18. The van der Waals surface area contributed by atoms with E-state index in [1.165, 1.54) is 26.3 Å². The highest BCUT2D eigenvalue weighted by Crippen LogP contribution is 2.37. The van der Waals surface area contributed by atoms with Crippen molar-refractivity contribution in [1.29, 1.82) is 0 Å². The third-order valence-corrected chi connectivity index (χ3v) is 12.7. The molecular formula is C42H42B2N6O6S2. The van der Waals surface area contributed by atoms with E-state index in [4.69, 9.17) is 19.4 Å². The lowest BCUT2D eigenvalue weighted by atomic mass is 9.82. The minimum Gasteiger partial charge on any atom is -0.427 e. The van der Waals surface area contributed by atoms with Crippen molar-refractivity contribution in [3.63, 3.8) is 0 Å². The van der Waals surface area contributed by atoms with Crippen molar-refractivity contribution in [2.75, 3.05) is 0 Å². The van der Waals surface area contributed by atoms with Crippen LogP contribution in [0.25, 0.3) is 42.0 Å². The predicted molar refractivity (Wildman–Crippen MR) is 233 cm³/mol. The van der Waals surface area contributed by atoms with Gasteiger partial charge in [-0.2, -0.15) is 10.2 Å². The first-order valence-corrected chi connectivity index (χ1v) is 20.7. The van der Waals surface area contributed by atoms with Crippen LogP contribution in [0, 0.1) is 13.8 Å². The van der Waals surface area contributed by atoms with E-state index < -0.39 is 25.4 Å². The normalized spacial score (nSPS) is 14.7. The molecule has 2 N–H and O–H groups in total. The van der Waals surface area contributed by atoms with Crippen LogP contribution in [0.15, 0.2) is 94.5 Å². The Kier molecular flexibility index (Phi) is 10.7. The number of hydrogen-bond donors (Lipinski definition) is 2. The molecule has 16 heteroatoms. The lowest BCUT2D eigenvalue weighted by Gasteiger charge is -2.32. The van der Waals surface area contributed by atoms with E-state index in [9.17, 15) is 19.6 Å². The van der Waals surface area contributed by atoms with Crippen molar-refractivity contribution < 1.29 is 19.4 Å². The summed E-state index contributed by atoms with van der Waals surface area (Å²) >= 11 is 3.12. The van der Waals surface area contributed by atoms with E-state index in [0.717, 1.165) is 47.1 Å². The zero-order valence-electron chi connectivity index (χ0n) is 33.1. The van der Waals surface area contributed by atoms with Gasteiger partial charge in [-0.3, -0.25) is 9.59 Å². The Morgan fingerprint density at radius 2 is 1.09 bits per heavy atom. The second kappa shape index (κ2) is 15.6. The fourth-order valence-electron chi connectivity index (χ4n) is 7.07. The van der Waals surface area contributed by atoms with Gasteiger partial charge in [0.2, 0.25) is 0 Å². The van der Waals surface area contributed by atoms with Gasteiger partial charge < -0.3 is 19.4 Å². The molecule has 12 nitrogen and oxygen atoms in total. The van der Waals surface area contributed by atoms with E-state index in [-0.39, 0.29) is 24.0 Å². The summed E-state index contributed by atoms with van der Waals surface area (Å²) in [6.45, 7) is 12.8. The third-order valence-electron chi connectivity index (χ3n) is 10.7. The number of aromatic nitrogens is 6. The lowest BCUT2D eigenvalue weighted by Crippen LogP contribution is -2.41. The molecule has 0 radical (unpaired) electrons. The van der Waals surface area contributed by atoms with Crippen molar-refractivity contribution in [3.05, 3.63) is 138 Å². The van der Waals surface area contributed by atoms with Gasteiger partial charge in [-0.1, -0.05) is 48.5 Å². The van der Waals surface area contributed by atoms with Crippen LogP contribution in [-0.2, 0) is 35.0 Å². The zero-order chi connectivity index (χ0) is 40.9. The Balaban J connectivity index is 0.000000165. The molecule has 1 saturated heterocycles. The summed E-state index contributed by atoms with van der Waals surface area (Å²) in [5, 5.41) is 32.1. The van der Waals surface area contributed by atoms with Crippen LogP contribution in [0.1, 0.15) is 60.2 Å². The number of aryl methyl sites for hydroxylation is 2. The van der Waals surface area contributed by atoms with Crippen LogP contribution < -0.4 is 11.1 Å². The number of hydrogen-bond acceptors (Lipinski definition) is 12. The maximum Gasteiger partial charge on any atom is 0.464 e. The summed E-state index contributed by atoms with van der Waals surface area (Å²) in [6, 6.07) is 27.0. The molecule has 5 heterocycles. The molecule has 0 bridgehead atoms. The molecule has 58 heavy (non-hydrogen) atoms. The van der Waals surface area contributed by atoms with Gasteiger partial charge in [0.15, 0.2) is 0 Å². The molecule has 0 saturated carbocycles. The molecule has 9 rings (SSSR count). The third kappa shape index (κ3) is 8.00. The first-order chi connectivity index (χ1) is 27.6. The number of benzene rings is 4. The second-order valence-electron chi connectivity index (χ2n) is 15.6. The van der Waals surface area contributed by atoms with Gasteiger partial charge in [0.05, 0.1) is 66.9 Å². The molecule has 0 atom stereocenters. The molecule has 1 fully saturated rings. The van der Waals surface area contributed by atoms with Crippen molar-refractivity contribution in [1.82, 2.24) is 29.5 Å². The molecule has 0 spiro atoms. The molecule has 4 aromatic carbocycles. The van der Waals surface area contributed by atoms with Crippen molar-refractivity contribution >= 4 is 78.9 Å². The van der Waals surface area contributed by atoms with Crippen LogP contribution >= 0.6 is 22.7 Å². The van der Waals surface area contributed by atoms with Crippen LogP contribution in [0.3, 0.4) is 0 Å². The number of rotatable bonds is 8. The number of nitrogens with zero attached hydrogens (tertiary/aromatic N) is 6. The second-order valence-corrected chi connectivity index (χ2v) is 17.9. The lowest BCUT2D eigenvalue weighted by molar-refractivity contribution is 0.00578. The standard InChI is InChI=1S/C24H26BN3O3S.C18H16BN3O3S/c1-15-10-11-20-18(12-15)26-21(32-20)14-28-22(29)17-9-7-6-8-16(17)19(27-28)13-25-30-23(2,3)24(4,5)31-25;1-11-6-7-16-14(8-11)20-17(26-16)10-22-18(23)13-5-3-2-4-12(13)15(21-22)9-19(24)25/h6-12H,13-14H2,1-5H3;2-8,24-25H,9-10H2,1H3. The van der Waals surface area contributed by atoms with Gasteiger partial charge in [0, 0.05) is 23.4 Å². The number of thiazole rings is 2. The SMILES string of the molecule is Cc1ccc2sc(Cn3nc(CB(O)O)c4ccccc4c3=O)nc2c1.Cc1ccc2sc(Cn3nc(CB4OC(C)(C)C(C)(C)O4)c4ccccc4c3=O)nc2c1. The quantitative estimate of drug-likeness (QED) is 0.164. The zero-order valence-corrected chi connectivity index (χ0v) is 34.7. The van der Waals surface area contributed by atoms with Crippen LogP contribution in [0.5, 0.6) is 0 Å². The van der Waals surface area contributed by atoms with Crippen LogP contribution in [0.4, 0.5) is 0 Å². The van der Waals surface area contributed by atoms with Gasteiger partial charge >= 0.3 is 14.2 Å². The van der Waals surface area contributed by atoms with Crippen molar-refractivity contribution in [2.45, 2.75) is 78.5 Å². The monoisotopic (exact) mass is 812 g/mol. The largest absolute Gasteiger partial charge is 0.464 e. The smallest absolute Gasteiger partial charge is 0.427 e. The van der Waals surface area contributed by atoms with Gasteiger partial charge in [-0.25, -0.2) is 19.3 Å². The predicted octanol–water partition coefficient (Wildman–Crippen LogP) is 6.45. The van der Waals surface area contributed by atoms with Gasteiger partial charge in [-0.05, 0) is 89.1 Å². The maximum absolute atomic E-state index is 13.2.